The largest absolute Gasteiger partial charge is 0.390 e. The number of fused-ring (bicyclic) bond motifs is 1. The maximum absolute atomic E-state index is 6.38. The fraction of sp³-hybridized carbons (Fsp3) is 0.333. The summed E-state index contributed by atoms with van der Waals surface area (Å²) in [7, 11) is 2.18. The van der Waals surface area contributed by atoms with E-state index in [0.29, 0.717) is 0 Å². The van der Waals surface area contributed by atoms with E-state index in [4.69, 9.17) is 5.73 Å². The van der Waals surface area contributed by atoms with E-state index in [2.05, 4.69) is 56.1 Å². The van der Waals surface area contributed by atoms with Gasteiger partial charge in [-0.2, -0.15) is 0 Å². The first-order valence-electron chi connectivity index (χ1n) is 7.59. The van der Waals surface area contributed by atoms with Crippen LogP contribution in [0.4, 0.5) is 5.00 Å². The molecule has 0 fully saturated rings. The van der Waals surface area contributed by atoms with Gasteiger partial charge in [-0.1, -0.05) is 36.0 Å². The zero-order valence-electron chi connectivity index (χ0n) is 13.3. The number of hydrogen-bond donors (Lipinski definition) is 1. The van der Waals surface area contributed by atoms with Gasteiger partial charge >= 0.3 is 0 Å². The van der Waals surface area contributed by atoms with Crippen molar-refractivity contribution in [1.29, 1.82) is 0 Å². The second-order valence-electron chi connectivity index (χ2n) is 5.75. The summed E-state index contributed by atoms with van der Waals surface area (Å²) in [6.07, 6.45) is 3.30. The van der Waals surface area contributed by atoms with Crippen molar-refractivity contribution in [2.75, 3.05) is 19.3 Å². The predicted octanol–water partition coefficient (Wildman–Crippen LogP) is 4.78. The normalized spacial score (nSPS) is 15.9. The molecule has 4 heteroatoms. The van der Waals surface area contributed by atoms with E-state index in [-0.39, 0.29) is 0 Å². The average Bonchev–Trinajstić information content (AvgIpc) is 2.81. The van der Waals surface area contributed by atoms with Gasteiger partial charge < -0.3 is 10.6 Å². The number of hydrogen-bond acceptors (Lipinski definition) is 4. The summed E-state index contributed by atoms with van der Waals surface area (Å²) in [5.74, 6) is 0. The van der Waals surface area contributed by atoms with Gasteiger partial charge in [-0.15, -0.1) is 11.3 Å². The number of nitrogen functional groups attached to an aromatic ring is 1. The van der Waals surface area contributed by atoms with Crippen LogP contribution in [0.3, 0.4) is 0 Å². The molecule has 1 aromatic carbocycles. The van der Waals surface area contributed by atoms with Crippen LogP contribution in [0.5, 0.6) is 0 Å². The minimum Gasteiger partial charge on any atom is -0.390 e. The number of aryl methyl sites for hydroxylation is 1. The molecule has 1 aliphatic rings. The molecular formula is C18H22N2S2. The smallest absolute Gasteiger partial charge is 0.0947 e. The lowest BCUT2D eigenvalue weighted by atomic mass is 10.0. The first kappa shape index (κ1) is 15.7. The van der Waals surface area contributed by atoms with E-state index in [1.807, 2.05) is 11.8 Å². The molecule has 2 aromatic rings. The third-order valence-electron chi connectivity index (χ3n) is 4.10. The molecule has 0 radical (unpaired) electrons. The zero-order valence-corrected chi connectivity index (χ0v) is 15.0. The molecule has 116 valence electrons. The number of allylic oxidation sites excluding steroid dienone is 1. The number of rotatable bonds is 3. The van der Waals surface area contributed by atoms with E-state index in [9.17, 15) is 0 Å². The van der Waals surface area contributed by atoms with Crippen LogP contribution in [0, 0.1) is 6.92 Å². The van der Waals surface area contributed by atoms with Crippen LogP contribution in [0.2, 0.25) is 0 Å². The van der Waals surface area contributed by atoms with E-state index in [1.165, 1.54) is 31.4 Å². The monoisotopic (exact) mass is 330 g/mol. The van der Waals surface area contributed by atoms with Crippen molar-refractivity contribution < 1.29 is 0 Å². The van der Waals surface area contributed by atoms with Crippen molar-refractivity contribution >= 4 is 33.0 Å². The van der Waals surface area contributed by atoms with Crippen LogP contribution >= 0.6 is 23.1 Å². The van der Waals surface area contributed by atoms with Gasteiger partial charge in [-0.25, -0.2) is 0 Å². The molecule has 1 aromatic heterocycles. The Morgan fingerprint density at radius 3 is 2.86 bits per heavy atom. The van der Waals surface area contributed by atoms with Crippen molar-refractivity contribution in [3.8, 4) is 0 Å². The number of nitrogens with two attached hydrogens (primary N) is 1. The Morgan fingerprint density at radius 2 is 2.14 bits per heavy atom. The zero-order chi connectivity index (χ0) is 15.7. The summed E-state index contributed by atoms with van der Waals surface area (Å²) in [6.45, 7) is 6.41. The molecule has 2 N–H and O–H groups in total. The van der Waals surface area contributed by atoms with Crippen molar-refractivity contribution in [3.63, 3.8) is 0 Å². The average molecular weight is 331 g/mol. The maximum Gasteiger partial charge on any atom is 0.0947 e. The van der Waals surface area contributed by atoms with Crippen molar-refractivity contribution in [3.05, 3.63) is 51.9 Å². The fourth-order valence-corrected chi connectivity index (χ4v) is 5.21. The molecule has 0 saturated carbocycles. The summed E-state index contributed by atoms with van der Waals surface area (Å²) >= 11 is 3.60. The van der Waals surface area contributed by atoms with Gasteiger partial charge in [0.2, 0.25) is 0 Å². The van der Waals surface area contributed by atoms with E-state index in [1.54, 1.807) is 11.3 Å². The lowest BCUT2D eigenvalue weighted by Crippen LogP contribution is -2.25. The molecule has 1 aliphatic heterocycles. The predicted molar refractivity (Wildman–Crippen MR) is 99.5 cm³/mol. The molecule has 2 nitrogen and oxygen atoms in total. The first-order chi connectivity index (χ1) is 10.6. The number of anilines is 1. The topological polar surface area (TPSA) is 29.3 Å². The van der Waals surface area contributed by atoms with Crippen LogP contribution < -0.4 is 5.73 Å². The van der Waals surface area contributed by atoms with Crippen LogP contribution in [-0.2, 0) is 13.0 Å². The van der Waals surface area contributed by atoms with Crippen LogP contribution in [-0.4, -0.2) is 18.5 Å². The molecule has 0 atom stereocenters. The highest BCUT2D eigenvalue weighted by molar-refractivity contribution is 8.08. The quantitative estimate of drug-likeness (QED) is 0.821. The second kappa shape index (κ2) is 6.49. The molecule has 0 amide bonds. The van der Waals surface area contributed by atoms with Gasteiger partial charge in [-0.05, 0) is 44.5 Å². The number of benzene rings is 1. The molecule has 0 aliphatic carbocycles. The lowest BCUT2D eigenvalue weighted by molar-refractivity contribution is 0.317. The van der Waals surface area contributed by atoms with Crippen LogP contribution in [0.1, 0.15) is 28.5 Å². The molecule has 22 heavy (non-hydrogen) atoms. The Labute approximate surface area is 141 Å². The molecule has 0 spiro atoms. The molecule has 0 saturated heterocycles. The van der Waals surface area contributed by atoms with E-state index < -0.39 is 0 Å². The summed E-state index contributed by atoms with van der Waals surface area (Å²) in [5, 5.41) is 0.967. The molecular weight excluding hydrogens is 308 g/mol. The van der Waals surface area contributed by atoms with Crippen molar-refractivity contribution in [2.45, 2.75) is 31.7 Å². The minimum absolute atomic E-state index is 0.967. The van der Waals surface area contributed by atoms with E-state index >= 15 is 0 Å². The Balaban J connectivity index is 1.97. The Kier molecular flexibility index (Phi) is 4.62. The summed E-state index contributed by atoms with van der Waals surface area (Å²) < 4.78 is 0. The number of thioether (sulfide) groups is 1. The standard InChI is InChI=1S/C18H22N2S2/c1-4-14(21-15-8-6-5-7-12(15)2)17-13-9-10-20(3)11-16(13)22-18(17)19/h4-8H,9-11,19H2,1-3H3/b14-4-. The number of nitrogens with zero attached hydrogens (tertiary/aromatic N) is 1. The Hall–Kier alpha value is -1.23. The van der Waals surface area contributed by atoms with Crippen LogP contribution in [0.15, 0.2) is 35.2 Å². The number of likely N-dealkylation sites (N-methyl/N-ethyl adjacent to an activating group) is 1. The molecule has 2 heterocycles. The summed E-state index contributed by atoms with van der Waals surface area (Å²) in [4.78, 5) is 6.40. The molecule has 3 rings (SSSR count). The van der Waals surface area contributed by atoms with Gasteiger partial charge in [0.05, 0.1) is 5.00 Å². The molecule has 0 unspecified atom stereocenters. The van der Waals surface area contributed by atoms with E-state index in [0.717, 1.165) is 24.5 Å². The van der Waals surface area contributed by atoms with Gasteiger partial charge in [0.1, 0.15) is 0 Å². The minimum atomic E-state index is 0.967. The molecule has 0 bridgehead atoms. The van der Waals surface area contributed by atoms with Crippen molar-refractivity contribution in [2.24, 2.45) is 0 Å². The fourth-order valence-electron chi connectivity index (χ4n) is 2.87. The highest BCUT2D eigenvalue weighted by Gasteiger charge is 2.24. The third kappa shape index (κ3) is 2.96. The summed E-state index contributed by atoms with van der Waals surface area (Å²) in [5.41, 5.74) is 10.4. The van der Waals surface area contributed by atoms with Gasteiger partial charge in [-0.3, -0.25) is 0 Å². The number of thiophene rings is 1. The van der Waals surface area contributed by atoms with Gasteiger partial charge in [0.25, 0.3) is 0 Å². The van der Waals surface area contributed by atoms with Crippen molar-refractivity contribution in [1.82, 2.24) is 4.90 Å². The Morgan fingerprint density at radius 1 is 1.36 bits per heavy atom. The highest BCUT2D eigenvalue weighted by atomic mass is 32.2. The maximum atomic E-state index is 6.38. The van der Waals surface area contributed by atoms with Gasteiger partial charge in [0.15, 0.2) is 0 Å². The third-order valence-corrected chi connectivity index (χ3v) is 6.48. The Bertz CT molecular complexity index is 716. The lowest BCUT2D eigenvalue weighted by Gasteiger charge is -2.23. The first-order valence-corrected chi connectivity index (χ1v) is 9.22. The SMILES string of the molecule is C/C=C(\Sc1ccccc1C)c1c(N)sc2c1CCN(C)C2. The summed E-state index contributed by atoms with van der Waals surface area (Å²) in [6, 6.07) is 8.54. The highest BCUT2D eigenvalue weighted by Crippen LogP contribution is 2.45. The second-order valence-corrected chi connectivity index (χ2v) is 7.97. The van der Waals surface area contributed by atoms with Gasteiger partial charge in [0, 0.05) is 33.3 Å². The van der Waals surface area contributed by atoms with Crippen LogP contribution in [0.25, 0.3) is 4.91 Å².